The van der Waals surface area contributed by atoms with Crippen molar-refractivity contribution in [3.8, 4) is 0 Å². The van der Waals surface area contributed by atoms with Crippen LogP contribution in [0.3, 0.4) is 0 Å². The van der Waals surface area contributed by atoms with Crippen molar-refractivity contribution in [3.63, 3.8) is 0 Å². The molecule has 3 nitrogen and oxygen atoms in total. The average molecular weight is 290 g/mol. The number of nitrogens with two attached hydrogens (primary N) is 1. The average Bonchev–Trinajstić information content (AvgIpc) is 2.25. The van der Waals surface area contributed by atoms with Crippen molar-refractivity contribution in [1.29, 1.82) is 0 Å². The summed E-state index contributed by atoms with van der Waals surface area (Å²) < 4.78 is 0. The molecule has 1 aromatic carbocycles. The fourth-order valence-electron chi connectivity index (χ4n) is 2.17. The lowest BCUT2D eigenvalue weighted by molar-refractivity contribution is -0.140. The van der Waals surface area contributed by atoms with E-state index in [0.29, 0.717) is 21.3 Å². The van der Waals surface area contributed by atoms with Crippen molar-refractivity contribution in [2.24, 2.45) is 5.92 Å². The minimum atomic E-state index is -0.902. The predicted octanol–water partition coefficient (Wildman–Crippen LogP) is 4.18. The van der Waals surface area contributed by atoms with Gasteiger partial charge in [-0.1, -0.05) is 43.5 Å². The van der Waals surface area contributed by atoms with Crippen molar-refractivity contribution >= 4 is 34.9 Å². The maximum absolute atomic E-state index is 11.4. The van der Waals surface area contributed by atoms with E-state index in [-0.39, 0.29) is 5.92 Å². The van der Waals surface area contributed by atoms with E-state index in [1.807, 2.05) is 13.8 Å². The summed E-state index contributed by atoms with van der Waals surface area (Å²) in [6.45, 7) is 3.92. The summed E-state index contributed by atoms with van der Waals surface area (Å²) in [5, 5.41) is 10.1. The van der Waals surface area contributed by atoms with Gasteiger partial charge in [0.2, 0.25) is 0 Å². The molecule has 0 heterocycles. The maximum Gasteiger partial charge on any atom is 0.311 e. The number of hydrogen-bond donors (Lipinski definition) is 2. The number of rotatable bonds is 5. The number of aliphatic carboxylic acids is 1. The molecule has 0 saturated heterocycles. The normalized spacial score (nSPS) is 14.2. The van der Waals surface area contributed by atoms with E-state index in [9.17, 15) is 9.90 Å². The summed E-state index contributed by atoms with van der Waals surface area (Å²) in [6.07, 6.45) is 1.72. The van der Waals surface area contributed by atoms with E-state index in [1.165, 1.54) is 6.07 Å². The molecule has 1 rings (SSSR count). The molecule has 0 fully saturated rings. The molecule has 100 valence electrons. The fraction of sp³-hybridized carbons (Fsp3) is 0.462. The largest absolute Gasteiger partial charge is 0.481 e. The number of carboxylic acid groups (broad SMARTS) is 1. The second-order valence-corrected chi connectivity index (χ2v) is 5.32. The van der Waals surface area contributed by atoms with Gasteiger partial charge in [-0.3, -0.25) is 4.79 Å². The first-order valence-electron chi connectivity index (χ1n) is 5.85. The Morgan fingerprint density at radius 1 is 1.44 bits per heavy atom. The highest BCUT2D eigenvalue weighted by Crippen LogP contribution is 2.37. The van der Waals surface area contributed by atoms with Crippen molar-refractivity contribution in [2.45, 2.75) is 32.6 Å². The zero-order valence-electron chi connectivity index (χ0n) is 10.4. The van der Waals surface area contributed by atoms with Crippen LogP contribution >= 0.6 is 23.2 Å². The highest BCUT2D eigenvalue weighted by atomic mass is 35.5. The van der Waals surface area contributed by atoms with Gasteiger partial charge in [0.15, 0.2) is 0 Å². The highest BCUT2D eigenvalue weighted by Gasteiger charge is 2.28. The van der Waals surface area contributed by atoms with E-state index in [2.05, 4.69) is 0 Å². The smallest absolute Gasteiger partial charge is 0.311 e. The zero-order chi connectivity index (χ0) is 13.9. The van der Waals surface area contributed by atoms with Crippen LogP contribution < -0.4 is 5.73 Å². The number of nitrogen functional groups attached to an aromatic ring is 1. The molecule has 0 amide bonds. The predicted molar refractivity (Wildman–Crippen MR) is 75.3 cm³/mol. The highest BCUT2D eigenvalue weighted by molar-refractivity contribution is 6.36. The Morgan fingerprint density at radius 2 is 2.06 bits per heavy atom. The lowest BCUT2D eigenvalue weighted by atomic mass is 9.84. The molecule has 0 spiro atoms. The van der Waals surface area contributed by atoms with Gasteiger partial charge in [-0.2, -0.15) is 0 Å². The van der Waals surface area contributed by atoms with Gasteiger partial charge in [0.05, 0.1) is 16.6 Å². The quantitative estimate of drug-likeness (QED) is 0.799. The third-order valence-corrected chi connectivity index (χ3v) is 3.57. The van der Waals surface area contributed by atoms with Gasteiger partial charge in [0.25, 0.3) is 0 Å². The van der Waals surface area contributed by atoms with Gasteiger partial charge >= 0.3 is 5.97 Å². The van der Waals surface area contributed by atoms with Crippen LogP contribution in [-0.2, 0) is 4.79 Å². The van der Waals surface area contributed by atoms with Gasteiger partial charge in [0, 0.05) is 5.02 Å². The first-order valence-corrected chi connectivity index (χ1v) is 6.61. The molecule has 0 aliphatic rings. The minimum absolute atomic E-state index is 0.0238. The Kier molecular flexibility index (Phi) is 5.29. The number of anilines is 1. The second-order valence-electron chi connectivity index (χ2n) is 4.47. The van der Waals surface area contributed by atoms with Crippen molar-refractivity contribution in [2.75, 3.05) is 5.73 Å². The van der Waals surface area contributed by atoms with E-state index in [1.54, 1.807) is 6.07 Å². The molecular weight excluding hydrogens is 273 g/mol. The van der Waals surface area contributed by atoms with Gasteiger partial charge in [-0.05, 0) is 30.0 Å². The van der Waals surface area contributed by atoms with Crippen molar-refractivity contribution in [3.05, 3.63) is 27.7 Å². The van der Waals surface area contributed by atoms with Crippen molar-refractivity contribution < 1.29 is 9.90 Å². The Hall–Kier alpha value is -0.930. The minimum Gasteiger partial charge on any atom is -0.481 e. The molecule has 5 heteroatoms. The molecule has 18 heavy (non-hydrogen) atoms. The van der Waals surface area contributed by atoms with Crippen LogP contribution in [0.25, 0.3) is 0 Å². The molecule has 0 aliphatic heterocycles. The molecule has 0 aliphatic carbocycles. The lowest BCUT2D eigenvalue weighted by Gasteiger charge is -2.22. The summed E-state index contributed by atoms with van der Waals surface area (Å²) in [7, 11) is 0. The van der Waals surface area contributed by atoms with E-state index >= 15 is 0 Å². The Morgan fingerprint density at radius 3 is 2.56 bits per heavy atom. The fourth-order valence-corrected chi connectivity index (χ4v) is 2.68. The summed E-state index contributed by atoms with van der Waals surface area (Å²) in [6, 6.07) is 3.11. The zero-order valence-corrected chi connectivity index (χ0v) is 11.9. The summed E-state index contributed by atoms with van der Waals surface area (Å²) >= 11 is 11.9. The lowest BCUT2D eigenvalue weighted by Crippen LogP contribution is -2.21. The monoisotopic (exact) mass is 289 g/mol. The third kappa shape index (κ3) is 3.30. The van der Waals surface area contributed by atoms with E-state index in [0.717, 1.165) is 12.8 Å². The Balaban J connectivity index is 3.25. The van der Waals surface area contributed by atoms with Gasteiger partial charge in [-0.25, -0.2) is 0 Å². The maximum atomic E-state index is 11.4. The van der Waals surface area contributed by atoms with E-state index < -0.39 is 11.9 Å². The van der Waals surface area contributed by atoms with Crippen LogP contribution in [0.1, 0.15) is 38.2 Å². The van der Waals surface area contributed by atoms with Gasteiger partial charge < -0.3 is 10.8 Å². The van der Waals surface area contributed by atoms with Crippen LogP contribution in [0.15, 0.2) is 12.1 Å². The first-order chi connectivity index (χ1) is 8.38. The second kappa shape index (κ2) is 6.30. The molecule has 0 aromatic heterocycles. The molecular formula is C13H17Cl2NO2. The van der Waals surface area contributed by atoms with Crippen LogP contribution in [-0.4, -0.2) is 11.1 Å². The van der Waals surface area contributed by atoms with E-state index in [4.69, 9.17) is 28.9 Å². The summed E-state index contributed by atoms with van der Waals surface area (Å²) in [5.74, 6) is -1.61. The van der Waals surface area contributed by atoms with Gasteiger partial charge in [-0.15, -0.1) is 0 Å². The Labute approximate surface area is 117 Å². The number of benzene rings is 1. The van der Waals surface area contributed by atoms with Crippen LogP contribution in [0.5, 0.6) is 0 Å². The van der Waals surface area contributed by atoms with Gasteiger partial charge in [0.1, 0.15) is 0 Å². The summed E-state index contributed by atoms with van der Waals surface area (Å²) in [4.78, 5) is 11.4. The molecule has 2 atom stereocenters. The Bertz CT molecular complexity index is 449. The standard InChI is InChI=1S/C13H17Cl2NO2/c1-3-4-7(2)11(13(17)18)9-5-8(14)6-10(15)12(9)16/h5-7,11H,3-4,16H2,1-2H3,(H,17,18). The van der Waals surface area contributed by atoms with Crippen LogP contribution in [0.2, 0.25) is 10.0 Å². The molecule has 3 N–H and O–H groups in total. The topological polar surface area (TPSA) is 63.3 Å². The first kappa shape index (κ1) is 15.1. The SMILES string of the molecule is CCCC(C)C(C(=O)O)c1cc(Cl)cc(Cl)c1N. The molecule has 0 bridgehead atoms. The molecule has 0 radical (unpaired) electrons. The molecule has 1 aromatic rings. The molecule has 2 unspecified atom stereocenters. The number of carbonyl (C=O) groups is 1. The van der Waals surface area contributed by atoms with Crippen molar-refractivity contribution in [1.82, 2.24) is 0 Å². The molecule has 0 saturated carbocycles. The van der Waals surface area contributed by atoms with Crippen LogP contribution in [0.4, 0.5) is 5.69 Å². The van der Waals surface area contributed by atoms with Crippen LogP contribution in [0, 0.1) is 5.92 Å². The number of hydrogen-bond acceptors (Lipinski definition) is 2. The number of halogens is 2. The number of carboxylic acids is 1. The summed E-state index contributed by atoms with van der Waals surface area (Å²) in [5.41, 5.74) is 6.67. The third-order valence-electron chi connectivity index (χ3n) is 3.04.